The molecule has 0 radical (unpaired) electrons. The minimum Gasteiger partial charge on any atom is -0.464 e. The van der Waals surface area contributed by atoms with Gasteiger partial charge in [0.05, 0.1) is 13.2 Å². The highest BCUT2D eigenvalue weighted by molar-refractivity contribution is 5.81. The van der Waals surface area contributed by atoms with Gasteiger partial charge < -0.3 is 14.8 Å². The first-order chi connectivity index (χ1) is 11.0. The average molecular weight is 321 g/mol. The maximum Gasteiger partial charge on any atom is 0.407 e. The maximum absolute atomic E-state index is 12.2. The molecule has 0 aromatic heterocycles. The van der Waals surface area contributed by atoms with Crippen LogP contribution in [0.4, 0.5) is 4.79 Å². The number of unbranched alkanes of at least 4 members (excludes halogenated alkanes) is 1. The number of esters is 1. The number of hydrogen-bond acceptors (Lipinski definition) is 4. The lowest BCUT2D eigenvalue weighted by atomic mass is 10.1. The highest BCUT2D eigenvalue weighted by Crippen LogP contribution is 2.06. The van der Waals surface area contributed by atoms with E-state index in [4.69, 9.17) is 9.47 Å². The summed E-state index contributed by atoms with van der Waals surface area (Å²) in [5.74, 6) is -0.192. The van der Waals surface area contributed by atoms with Gasteiger partial charge in [-0.05, 0) is 17.9 Å². The molecule has 0 bridgehead atoms. The van der Waals surface area contributed by atoms with Crippen LogP contribution in [0.15, 0.2) is 30.3 Å². The summed E-state index contributed by atoms with van der Waals surface area (Å²) in [7, 11) is 0. The smallest absolute Gasteiger partial charge is 0.407 e. The van der Waals surface area contributed by atoms with E-state index in [1.165, 1.54) is 0 Å². The molecule has 0 saturated heterocycles. The lowest BCUT2D eigenvalue weighted by Crippen LogP contribution is -2.44. The van der Waals surface area contributed by atoms with Crippen molar-refractivity contribution >= 4 is 12.1 Å². The van der Waals surface area contributed by atoms with Gasteiger partial charge in [0.1, 0.15) is 6.04 Å². The van der Waals surface area contributed by atoms with Gasteiger partial charge in [0.15, 0.2) is 0 Å². The van der Waals surface area contributed by atoms with E-state index in [9.17, 15) is 9.59 Å². The third kappa shape index (κ3) is 8.24. The standard InChI is InChI=1S/C18H27NO4/c1-4-5-11-22-18(21)19-16(17(20)23-13-14(2)3)12-15-9-7-6-8-10-15/h6-10,14,16H,4-5,11-13H2,1-3H3,(H,19,21). The zero-order valence-electron chi connectivity index (χ0n) is 14.2. The first-order valence-electron chi connectivity index (χ1n) is 8.16. The number of benzene rings is 1. The van der Waals surface area contributed by atoms with Crippen LogP contribution in [0.2, 0.25) is 0 Å². The number of carbonyl (C=O) groups excluding carboxylic acids is 2. The van der Waals surface area contributed by atoms with Crippen molar-refractivity contribution in [1.29, 1.82) is 0 Å². The molecule has 1 N–H and O–H groups in total. The molecule has 23 heavy (non-hydrogen) atoms. The Morgan fingerprint density at radius 2 is 1.83 bits per heavy atom. The van der Waals surface area contributed by atoms with Crippen LogP contribution in [0.5, 0.6) is 0 Å². The van der Waals surface area contributed by atoms with E-state index in [-0.39, 0.29) is 5.92 Å². The van der Waals surface area contributed by atoms with Crippen molar-refractivity contribution in [3.05, 3.63) is 35.9 Å². The molecule has 1 unspecified atom stereocenters. The monoisotopic (exact) mass is 321 g/mol. The van der Waals surface area contributed by atoms with Gasteiger partial charge in [0, 0.05) is 6.42 Å². The van der Waals surface area contributed by atoms with Crippen molar-refractivity contribution in [2.45, 2.75) is 46.1 Å². The number of hydrogen-bond donors (Lipinski definition) is 1. The van der Waals surface area contributed by atoms with Crippen molar-refractivity contribution in [1.82, 2.24) is 5.32 Å². The molecule has 0 aliphatic heterocycles. The largest absolute Gasteiger partial charge is 0.464 e. The maximum atomic E-state index is 12.2. The van der Waals surface area contributed by atoms with Crippen molar-refractivity contribution in [3.8, 4) is 0 Å². The molecule has 0 heterocycles. The van der Waals surface area contributed by atoms with Crippen LogP contribution >= 0.6 is 0 Å². The second kappa shape index (κ2) is 10.6. The van der Waals surface area contributed by atoms with Crippen molar-refractivity contribution in [3.63, 3.8) is 0 Å². The van der Waals surface area contributed by atoms with Gasteiger partial charge in [-0.25, -0.2) is 9.59 Å². The molecule has 1 atom stereocenters. The Balaban J connectivity index is 2.63. The van der Waals surface area contributed by atoms with E-state index in [2.05, 4.69) is 5.32 Å². The summed E-state index contributed by atoms with van der Waals surface area (Å²) >= 11 is 0. The SMILES string of the molecule is CCCCOC(=O)NC(Cc1ccccc1)C(=O)OCC(C)C. The van der Waals surface area contributed by atoms with Crippen LogP contribution in [0.1, 0.15) is 39.2 Å². The molecule has 1 aromatic rings. The summed E-state index contributed by atoms with van der Waals surface area (Å²) in [6.45, 7) is 6.62. The van der Waals surface area contributed by atoms with E-state index in [0.717, 1.165) is 18.4 Å². The minimum absolute atomic E-state index is 0.243. The Morgan fingerprint density at radius 1 is 1.13 bits per heavy atom. The highest BCUT2D eigenvalue weighted by atomic mass is 16.6. The third-order valence-electron chi connectivity index (χ3n) is 3.15. The van der Waals surface area contributed by atoms with Gasteiger partial charge in [-0.2, -0.15) is 0 Å². The first kappa shape index (κ1) is 19.0. The van der Waals surface area contributed by atoms with E-state index in [1.54, 1.807) is 0 Å². The fourth-order valence-corrected chi connectivity index (χ4v) is 1.89. The van der Waals surface area contributed by atoms with Gasteiger partial charge in [-0.1, -0.05) is 57.5 Å². The molecule has 0 aliphatic carbocycles. The van der Waals surface area contributed by atoms with Crippen molar-refractivity contribution < 1.29 is 19.1 Å². The summed E-state index contributed by atoms with van der Waals surface area (Å²) < 4.78 is 10.3. The average Bonchev–Trinajstić information content (AvgIpc) is 2.53. The molecular formula is C18H27NO4. The number of carbonyl (C=O) groups is 2. The highest BCUT2D eigenvalue weighted by Gasteiger charge is 2.23. The predicted molar refractivity (Wildman–Crippen MR) is 89.1 cm³/mol. The molecule has 1 amide bonds. The zero-order chi connectivity index (χ0) is 17.1. The van der Waals surface area contributed by atoms with E-state index in [1.807, 2.05) is 51.1 Å². The van der Waals surface area contributed by atoms with Crippen LogP contribution in [0.25, 0.3) is 0 Å². The first-order valence-corrected chi connectivity index (χ1v) is 8.16. The quantitative estimate of drug-likeness (QED) is 0.560. The Labute approximate surface area is 138 Å². The fraction of sp³-hybridized carbons (Fsp3) is 0.556. The molecule has 0 fully saturated rings. The van der Waals surface area contributed by atoms with Gasteiger partial charge in [-0.15, -0.1) is 0 Å². The lowest BCUT2D eigenvalue weighted by Gasteiger charge is -2.18. The number of rotatable bonds is 9. The van der Waals surface area contributed by atoms with E-state index in [0.29, 0.717) is 19.6 Å². The number of ether oxygens (including phenoxy) is 2. The van der Waals surface area contributed by atoms with Crippen molar-refractivity contribution in [2.75, 3.05) is 13.2 Å². The number of amides is 1. The Hall–Kier alpha value is -2.04. The lowest BCUT2D eigenvalue weighted by molar-refractivity contribution is -0.147. The fourth-order valence-electron chi connectivity index (χ4n) is 1.89. The van der Waals surface area contributed by atoms with Gasteiger partial charge >= 0.3 is 12.1 Å². The number of alkyl carbamates (subject to hydrolysis) is 1. The normalized spacial score (nSPS) is 11.8. The summed E-state index contributed by atoms with van der Waals surface area (Å²) in [4.78, 5) is 24.0. The second-order valence-electron chi connectivity index (χ2n) is 5.90. The van der Waals surface area contributed by atoms with E-state index < -0.39 is 18.1 Å². The Kier molecular flexibility index (Phi) is 8.80. The summed E-state index contributed by atoms with van der Waals surface area (Å²) in [6, 6.07) is 8.77. The molecule has 1 aromatic carbocycles. The predicted octanol–water partition coefficient (Wildman–Crippen LogP) is 3.32. The third-order valence-corrected chi connectivity index (χ3v) is 3.15. The second-order valence-corrected chi connectivity index (χ2v) is 5.90. The van der Waals surface area contributed by atoms with Crippen LogP contribution in [-0.4, -0.2) is 31.3 Å². The minimum atomic E-state index is -0.745. The molecule has 0 spiro atoms. The van der Waals surface area contributed by atoms with Crippen molar-refractivity contribution in [2.24, 2.45) is 5.92 Å². The Bertz CT molecular complexity index is 473. The summed E-state index contributed by atoms with van der Waals surface area (Å²) in [5, 5.41) is 2.61. The molecule has 128 valence electrons. The number of nitrogens with one attached hydrogen (secondary N) is 1. The molecular weight excluding hydrogens is 294 g/mol. The van der Waals surface area contributed by atoms with Crippen LogP contribution in [0, 0.1) is 5.92 Å². The molecule has 5 heteroatoms. The van der Waals surface area contributed by atoms with Gasteiger partial charge in [-0.3, -0.25) is 0 Å². The molecule has 0 aliphatic rings. The zero-order valence-corrected chi connectivity index (χ0v) is 14.2. The van der Waals surface area contributed by atoms with E-state index >= 15 is 0 Å². The molecule has 0 saturated carbocycles. The van der Waals surface area contributed by atoms with Crippen LogP contribution < -0.4 is 5.32 Å². The summed E-state index contributed by atoms with van der Waals surface area (Å²) in [5.41, 5.74) is 0.952. The molecule has 5 nitrogen and oxygen atoms in total. The van der Waals surface area contributed by atoms with Gasteiger partial charge in [0.2, 0.25) is 0 Å². The summed E-state index contributed by atoms with van der Waals surface area (Å²) in [6.07, 6.45) is 1.53. The topological polar surface area (TPSA) is 64.6 Å². The molecule has 1 rings (SSSR count). The van der Waals surface area contributed by atoms with Crippen LogP contribution in [-0.2, 0) is 20.7 Å². The van der Waals surface area contributed by atoms with Gasteiger partial charge in [0.25, 0.3) is 0 Å². The Morgan fingerprint density at radius 3 is 2.43 bits per heavy atom. The van der Waals surface area contributed by atoms with Crippen LogP contribution in [0.3, 0.4) is 0 Å².